The van der Waals surface area contributed by atoms with Gasteiger partial charge in [0.2, 0.25) is 0 Å². The van der Waals surface area contributed by atoms with Crippen molar-refractivity contribution in [1.29, 1.82) is 0 Å². The number of hydrazine groups is 1. The molecule has 0 fully saturated rings. The minimum absolute atomic E-state index is 0.221. The number of carbonyl (C=O) groups excluding carboxylic acids is 2. The molecule has 0 saturated carbocycles. The van der Waals surface area contributed by atoms with Crippen LogP contribution in [0, 0.1) is 0 Å². The van der Waals surface area contributed by atoms with Crippen LogP contribution < -0.4 is 11.3 Å². The van der Waals surface area contributed by atoms with E-state index in [0.29, 0.717) is 17.1 Å². The van der Waals surface area contributed by atoms with Crippen LogP contribution in [-0.4, -0.2) is 23.2 Å². The van der Waals surface area contributed by atoms with Crippen molar-refractivity contribution in [2.24, 2.45) is 5.84 Å². The zero-order valence-electron chi connectivity index (χ0n) is 11.9. The number of hydrogen-bond acceptors (Lipinski definition) is 5. The first-order chi connectivity index (χ1) is 9.31. The molecule has 20 heavy (non-hydrogen) atoms. The molecule has 1 amide bonds. The summed E-state index contributed by atoms with van der Waals surface area (Å²) in [5.74, 6) is 5.50. The molecular formula is C14H20N2O3S. The van der Waals surface area contributed by atoms with Crippen molar-refractivity contribution in [2.45, 2.75) is 32.1 Å². The fraction of sp³-hybridized carbons (Fsp3) is 0.429. The quantitative estimate of drug-likeness (QED) is 0.375. The van der Waals surface area contributed by atoms with Gasteiger partial charge in [0, 0.05) is 11.3 Å². The number of rotatable bonds is 5. The molecule has 0 atom stereocenters. The first-order valence-electron chi connectivity index (χ1n) is 6.21. The molecule has 0 unspecified atom stereocenters. The Morgan fingerprint density at radius 2 is 1.85 bits per heavy atom. The Hall–Kier alpha value is -1.53. The second-order valence-corrected chi connectivity index (χ2v) is 6.24. The van der Waals surface area contributed by atoms with Crippen molar-refractivity contribution in [3.63, 3.8) is 0 Å². The van der Waals surface area contributed by atoms with Gasteiger partial charge in [0.25, 0.3) is 5.91 Å². The molecule has 6 heteroatoms. The highest BCUT2D eigenvalue weighted by Gasteiger charge is 2.15. The van der Waals surface area contributed by atoms with Crippen molar-refractivity contribution in [3.05, 3.63) is 35.4 Å². The molecule has 0 bridgehead atoms. The normalized spacial score (nSPS) is 11.0. The lowest BCUT2D eigenvalue weighted by Crippen LogP contribution is -2.29. The number of nitrogens with two attached hydrogens (primary N) is 1. The standard InChI is InChI=1S/C14H20N2O3S/c1-14(2,3)19-12(17)9-20-8-10-4-6-11(7-5-10)13(18)16-15/h4-7H,8-9,15H2,1-3H3,(H,16,18). The molecule has 3 N–H and O–H groups in total. The van der Waals surface area contributed by atoms with E-state index in [0.717, 1.165) is 5.56 Å². The first kappa shape index (κ1) is 16.5. The maximum atomic E-state index is 11.5. The van der Waals surface area contributed by atoms with Crippen LogP contribution >= 0.6 is 11.8 Å². The van der Waals surface area contributed by atoms with Crippen molar-refractivity contribution < 1.29 is 14.3 Å². The van der Waals surface area contributed by atoms with Gasteiger partial charge in [-0.05, 0) is 38.5 Å². The number of ether oxygens (including phenoxy) is 1. The molecule has 0 aliphatic rings. The van der Waals surface area contributed by atoms with Crippen LogP contribution in [0.4, 0.5) is 0 Å². The van der Waals surface area contributed by atoms with E-state index in [4.69, 9.17) is 10.6 Å². The average molecular weight is 296 g/mol. The van der Waals surface area contributed by atoms with Crippen LogP contribution in [0.25, 0.3) is 0 Å². The number of amides is 1. The fourth-order valence-electron chi connectivity index (χ4n) is 1.46. The summed E-state index contributed by atoms with van der Waals surface area (Å²) < 4.78 is 5.21. The summed E-state index contributed by atoms with van der Waals surface area (Å²) in [6, 6.07) is 7.08. The monoisotopic (exact) mass is 296 g/mol. The number of carbonyl (C=O) groups is 2. The Morgan fingerprint density at radius 3 is 2.35 bits per heavy atom. The van der Waals surface area contributed by atoms with Crippen LogP contribution in [0.15, 0.2) is 24.3 Å². The van der Waals surface area contributed by atoms with Crippen LogP contribution in [0.2, 0.25) is 0 Å². The lowest BCUT2D eigenvalue weighted by Gasteiger charge is -2.19. The summed E-state index contributed by atoms with van der Waals surface area (Å²) in [5, 5.41) is 0. The largest absolute Gasteiger partial charge is 0.459 e. The Kier molecular flexibility index (Phi) is 6.04. The third kappa shape index (κ3) is 6.08. The number of nitrogen functional groups attached to an aromatic ring is 1. The van der Waals surface area contributed by atoms with Gasteiger partial charge in [0.1, 0.15) is 5.60 Å². The van der Waals surface area contributed by atoms with E-state index in [1.165, 1.54) is 11.8 Å². The number of esters is 1. The van der Waals surface area contributed by atoms with Crippen molar-refractivity contribution in [1.82, 2.24) is 5.43 Å². The molecule has 1 aromatic carbocycles. The molecule has 0 aromatic heterocycles. The van der Waals surface area contributed by atoms with Gasteiger partial charge in [-0.2, -0.15) is 0 Å². The number of nitrogens with one attached hydrogen (secondary N) is 1. The lowest BCUT2D eigenvalue weighted by molar-refractivity contribution is -0.151. The molecule has 1 rings (SSSR count). The molecule has 110 valence electrons. The second-order valence-electron chi connectivity index (χ2n) is 5.25. The summed E-state index contributed by atoms with van der Waals surface area (Å²) in [6.45, 7) is 5.53. The van der Waals surface area contributed by atoms with Gasteiger partial charge in [0.15, 0.2) is 0 Å². The Balaban J connectivity index is 2.39. The van der Waals surface area contributed by atoms with Crippen LogP contribution in [0.5, 0.6) is 0 Å². The van der Waals surface area contributed by atoms with Gasteiger partial charge in [-0.1, -0.05) is 12.1 Å². The molecule has 0 radical (unpaired) electrons. The first-order valence-corrected chi connectivity index (χ1v) is 7.37. The van der Waals surface area contributed by atoms with Crippen molar-refractivity contribution in [2.75, 3.05) is 5.75 Å². The van der Waals surface area contributed by atoms with Gasteiger partial charge in [-0.25, -0.2) is 5.84 Å². The number of hydrogen-bond donors (Lipinski definition) is 2. The van der Waals surface area contributed by atoms with E-state index in [2.05, 4.69) is 5.43 Å². The Bertz CT molecular complexity index is 466. The topological polar surface area (TPSA) is 81.4 Å². The third-order valence-electron chi connectivity index (χ3n) is 2.26. The summed E-state index contributed by atoms with van der Waals surface area (Å²) in [5.41, 5.74) is 3.17. The SMILES string of the molecule is CC(C)(C)OC(=O)CSCc1ccc(C(=O)NN)cc1. The van der Waals surface area contributed by atoms with E-state index in [-0.39, 0.29) is 11.9 Å². The van der Waals surface area contributed by atoms with Gasteiger partial charge < -0.3 is 4.74 Å². The maximum Gasteiger partial charge on any atom is 0.316 e. The summed E-state index contributed by atoms with van der Waals surface area (Å²) in [7, 11) is 0. The highest BCUT2D eigenvalue weighted by Crippen LogP contribution is 2.15. The highest BCUT2D eigenvalue weighted by atomic mass is 32.2. The predicted molar refractivity (Wildman–Crippen MR) is 80.1 cm³/mol. The maximum absolute atomic E-state index is 11.5. The van der Waals surface area contributed by atoms with Gasteiger partial charge in [0.05, 0.1) is 5.75 Å². The molecule has 0 aliphatic heterocycles. The third-order valence-corrected chi connectivity index (χ3v) is 3.23. The van der Waals surface area contributed by atoms with Crippen molar-refractivity contribution >= 4 is 23.6 Å². The van der Waals surface area contributed by atoms with Gasteiger partial charge in [-0.15, -0.1) is 11.8 Å². The molecule has 0 saturated heterocycles. The Labute approximate surface area is 123 Å². The van der Waals surface area contributed by atoms with E-state index in [1.807, 2.05) is 32.9 Å². The molecule has 0 aliphatic carbocycles. The van der Waals surface area contributed by atoms with E-state index >= 15 is 0 Å². The van der Waals surface area contributed by atoms with E-state index in [1.54, 1.807) is 12.1 Å². The van der Waals surface area contributed by atoms with Gasteiger partial charge >= 0.3 is 5.97 Å². The highest BCUT2D eigenvalue weighted by molar-refractivity contribution is 7.99. The predicted octanol–water partition coefficient (Wildman–Crippen LogP) is 1.86. The summed E-state index contributed by atoms with van der Waals surface area (Å²) in [4.78, 5) is 22.8. The minimum atomic E-state index is -0.450. The zero-order chi connectivity index (χ0) is 15.2. The van der Waals surface area contributed by atoms with Crippen LogP contribution in [0.3, 0.4) is 0 Å². The van der Waals surface area contributed by atoms with Crippen LogP contribution in [0.1, 0.15) is 36.7 Å². The smallest absolute Gasteiger partial charge is 0.316 e. The minimum Gasteiger partial charge on any atom is -0.459 e. The summed E-state index contributed by atoms with van der Waals surface area (Å²) in [6.07, 6.45) is 0. The fourth-order valence-corrected chi connectivity index (χ4v) is 2.21. The van der Waals surface area contributed by atoms with Crippen LogP contribution in [-0.2, 0) is 15.3 Å². The van der Waals surface area contributed by atoms with Crippen molar-refractivity contribution in [3.8, 4) is 0 Å². The van der Waals surface area contributed by atoms with E-state index < -0.39 is 5.60 Å². The molecule has 0 heterocycles. The number of benzene rings is 1. The molecule has 5 nitrogen and oxygen atoms in total. The second kappa shape index (κ2) is 7.31. The Morgan fingerprint density at radius 1 is 1.25 bits per heavy atom. The van der Waals surface area contributed by atoms with Gasteiger partial charge in [-0.3, -0.25) is 15.0 Å². The van der Waals surface area contributed by atoms with E-state index in [9.17, 15) is 9.59 Å². The molecule has 1 aromatic rings. The zero-order valence-corrected chi connectivity index (χ0v) is 12.8. The molecule has 0 spiro atoms. The summed E-state index contributed by atoms with van der Waals surface area (Å²) >= 11 is 1.48. The average Bonchev–Trinajstić information content (AvgIpc) is 2.36. The number of thioether (sulfide) groups is 1. The molecular weight excluding hydrogens is 276 g/mol. The lowest BCUT2D eigenvalue weighted by atomic mass is 10.1.